The quantitative estimate of drug-likeness (QED) is 0.855. The predicted molar refractivity (Wildman–Crippen MR) is 84.7 cm³/mol. The minimum atomic E-state index is -0.119. The molecule has 0 saturated carbocycles. The first kappa shape index (κ1) is 15.3. The number of likely N-dealkylation sites (tertiary alicyclic amines) is 1. The van der Waals surface area contributed by atoms with Crippen LogP contribution in [0.1, 0.15) is 22.7 Å². The maximum Gasteiger partial charge on any atom is 0.276 e. The van der Waals surface area contributed by atoms with Crippen LogP contribution < -0.4 is 9.64 Å². The zero-order chi connectivity index (χ0) is 16.4. The zero-order valence-corrected chi connectivity index (χ0v) is 13.5. The van der Waals surface area contributed by atoms with E-state index in [9.17, 15) is 4.79 Å². The monoisotopic (exact) mass is 316 g/mol. The summed E-state index contributed by atoms with van der Waals surface area (Å²) in [5, 5.41) is 3.78. The summed E-state index contributed by atoms with van der Waals surface area (Å²) in [5.41, 5.74) is 0.346. The molecule has 7 heteroatoms. The van der Waals surface area contributed by atoms with Gasteiger partial charge in [-0.2, -0.15) is 0 Å². The first-order valence-corrected chi connectivity index (χ1v) is 7.56. The van der Waals surface area contributed by atoms with Gasteiger partial charge in [0.15, 0.2) is 17.3 Å². The van der Waals surface area contributed by atoms with Crippen LogP contribution in [0.15, 0.2) is 28.9 Å². The van der Waals surface area contributed by atoms with E-state index in [0.29, 0.717) is 24.5 Å². The van der Waals surface area contributed by atoms with E-state index < -0.39 is 0 Å². The van der Waals surface area contributed by atoms with Crippen LogP contribution in [0.25, 0.3) is 0 Å². The number of ether oxygens (including phenoxy) is 1. The van der Waals surface area contributed by atoms with Crippen LogP contribution in [0.2, 0.25) is 0 Å². The minimum Gasteiger partial charge on any atom is -0.485 e. The summed E-state index contributed by atoms with van der Waals surface area (Å²) >= 11 is 0. The van der Waals surface area contributed by atoms with Gasteiger partial charge in [0.1, 0.15) is 11.9 Å². The third kappa shape index (κ3) is 3.28. The van der Waals surface area contributed by atoms with E-state index in [1.807, 2.05) is 31.1 Å². The first-order chi connectivity index (χ1) is 11.0. The second-order valence-corrected chi connectivity index (χ2v) is 5.82. The number of anilines is 1. The molecule has 1 fully saturated rings. The number of rotatable bonds is 4. The molecule has 122 valence electrons. The van der Waals surface area contributed by atoms with Crippen molar-refractivity contribution in [3.8, 4) is 5.75 Å². The van der Waals surface area contributed by atoms with E-state index >= 15 is 0 Å². The average molecular weight is 316 g/mol. The smallest absolute Gasteiger partial charge is 0.276 e. The third-order valence-corrected chi connectivity index (χ3v) is 3.75. The molecule has 1 aliphatic rings. The van der Waals surface area contributed by atoms with Crippen LogP contribution in [0.5, 0.6) is 5.75 Å². The molecule has 0 spiro atoms. The van der Waals surface area contributed by atoms with Gasteiger partial charge in [0.05, 0.1) is 6.54 Å². The van der Waals surface area contributed by atoms with Crippen molar-refractivity contribution >= 4 is 11.7 Å². The van der Waals surface area contributed by atoms with E-state index in [-0.39, 0.29) is 12.0 Å². The van der Waals surface area contributed by atoms with Crippen LogP contribution in [-0.2, 0) is 0 Å². The van der Waals surface area contributed by atoms with E-state index in [1.165, 1.54) is 0 Å². The number of aryl methyl sites for hydroxylation is 1. The maximum atomic E-state index is 12.4. The number of hydrogen-bond donors (Lipinski definition) is 0. The van der Waals surface area contributed by atoms with Gasteiger partial charge in [0, 0.05) is 39.3 Å². The molecule has 2 aromatic heterocycles. The van der Waals surface area contributed by atoms with Crippen molar-refractivity contribution in [1.82, 2.24) is 15.0 Å². The summed E-state index contributed by atoms with van der Waals surface area (Å²) in [6, 6.07) is 5.40. The van der Waals surface area contributed by atoms with Crippen LogP contribution >= 0.6 is 0 Å². The molecule has 0 bridgehead atoms. The standard InChI is InChI=1S/C16H20N4O3/c1-11-9-13(18-23-11)16(21)20-8-6-12(10-20)22-14-5-4-7-17-15(14)19(2)3/h4-5,7,9,12H,6,8,10H2,1-3H3/t12-/m0/s1. The first-order valence-electron chi connectivity index (χ1n) is 7.56. The highest BCUT2D eigenvalue weighted by molar-refractivity contribution is 5.92. The Balaban J connectivity index is 1.65. The molecule has 1 atom stereocenters. The fourth-order valence-corrected chi connectivity index (χ4v) is 2.63. The van der Waals surface area contributed by atoms with E-state index in [0.717, 1.165) is 18.0 Å². The summed E-state index contributed by atoms with van der Waals surface area (Å²) in [6.45, 7) is 2.95. The van der Waals surface area contributed by atoms with Crippen molar-refractivity contribution in [2.24, 2.45) is 0 Å². The van der Waals surface area contributed by atoms with Crippen LogP contribution in [0, 0.1) is 6.92 Å². The number of hydrogen-bond acceptors (Lipinski definition) is 6. The summed E-state index contributed by atoms with van der Waals surface area (Å²) in [5.74, 6) is 2.02. The van der Waals surface area contributed by atoms with Crippen molar-refractivity contribution in [1.29, 1.82) is 0 Å². The molecule has 0 aliphatic carbocycles. The molecule has 3 heterocycles. The Hall–Kier alpha value is -2.57. The number of pyridine rings is 1. The Morgan fingerprint density at radius 3 is 3.00 bits per heavy atom. The fourth-order valence-electron chi connectivity index (χ4n) is 2.63. The van der Waals surface area contributed by atoms with Gasteiger partial charge in [-0.25, -0.2) is 4.98 Å². The molecule has 1 saturated heterocycles. The summed E-state index contributed by atoms with van der Waals surface area (Å²) < 4.78 is 11.0. The summed E-state index contributed by atoms with van der Waals surface area (Å²) in [4.78, 5) is 20.3. The molecule has 3 rings (SSSR count). The van der Waals surface area contributed by atoms with Crippen molar-refractivity contribution in [2.75, 3.05) is 32.1 Å². The topological polar surface area (TPSA) is 71.7 Å². The van der Waals surface area contributed by atoms with Gasteiger partial charge < -0.3 is 19.1 Å². The van der Waals surface area contributed by atoms with E-state index in [4.69, 9.17) is 9.26 Å². The van der Waals surface area contributed by atoms with Gasteiger partial charge in [-0.15, -0.1) is 0 Å². The summed E-state index contributed by atoms with van der Waals surface area (Å²) in [6.07, 6.45) is 2.47. The second kappa shape index (κ2) is 6.28. The minimum absolute atomic E-state index is 0.0464. The lowest BCUT2D eigenvalue weighted by Gasteiger charge is -2.20. The highest BCUT2D eigenvalue weighted by Crippen LogP contribution is 2.27. The molecule has 0 N–H and O–H groups in total. The van der Waals surface area contributed by atoms with Crippen molar-refractivity contribution < 1.29 is 14.1 Å². The third-order valence-electron chi connectivity index (χ3n) is 3.75. The molecule has 7 nitrogen and oxygen atoms in total. The van der Waals surface area contributed by atoms with Crippen molar-refractivity contribution in [3.05, 3.63) is 35.9 Å². The molecule has 0 radical (unpaired) electrons. The van der Waals surface area contributed by atoms with Crippen LogP contribution in [0.4, 0.5) is 5.82 Å². The average Bonchev–Trinajstić information content (AvgIpc) is 3.16. The van der Waals surface area contributed by atoms with Gasteiger partial charge in [-0.1, -0.05) is 5.16 Å². The molecule has 0 aromatic carbocycles. The number of amides is 1. The number of aromatic nitrogens is 2. The normalized spacial score (nSPS) is 17.3. The van der Waals surface area contributed by atoms with E-state index in [2.05, 4.69) is 10.1 Å². The molecule has 2 aromatic rings. The molecular weight excluding hydrogens is 296 g/mol. The number of nitrogens with zero attached hydrogens (tertiary/aromatic N) is 4. The second-order valence-electron chi connectivity index (χ2n) is 5.82. The molecule has 1 aliphatic heterocycles. The molecule has 0 unspecified atom stereocenters. The Morgan fingerprint density at radius 2 is 2.30 bits per heavy atom. The SMILES string of the molecule is Cc1cc(C(=O)N2CC[C@H](Oc3cccnc3N(C)C)C2)no1. The summed E-state index contributed by atoms with van der Waals surface area (Å²) in [7, 11) is 3.85. The van der Waals surface area contributed by atoms with Gasteiger partial charge >= 0.3 is 0 Å². The maximum absolute atomic E-state index is 12.4. The lowest BCUT2D eigenvalue weighted by atomic mass is 10.3. The highest BCUT2D eigenvalue weighted by Gasteiger charge is 2.30. The largest absolute Gasteiger partial charge is 0.485 e. The van der Waals surface area contributed by atoms with Crippen molar-refractivity contribution in [3.63, 3.8) is 0 Å². The molecule has 23 heavy (non-hydrogen) atoms. The lowest BCUT2D eigenvalue weighted by molar-refractivity contribution is 0.0762. The van der Waals surface area contributed by atoms with Gasteiger partial charge in [-0.3, -0.25) is 4.79 Å². The Bertz CT molecular complexity index is 698. The zero-order valence-electron chi connectivity index (χ0n) is 13.5. The Morgan fingerprint density at radius 1 is 1.48 bits per heavy atom. The Kier molecular flexibility index (Phi) is 4.18. The van der Waals surface area contributed by atoms with Gasteiger partial charge in [-0.05, 0) is 19.1 Å². The number of carbonyl (C=O) groups excluding carboxylic acids is 1. The van der Waals surface area contributed by atoms with Crippen LogP contribution in [0.3, 0.4) is 0 Å². The fraction of sp³-hybridized carbons (Fsp3) is 0.438. The lowest BCUT2D eigenvalue weighted by Crippen LogP contribution is -2.31. The predicted octanol–water partition coefficient (Wildman–Crippen LogP) is 1.74. The Labute approximate surface area is 134 Å². The van der Waals surface area contributed by atoms with E-state index in [1.54, 1.807) is 24.1 Å². The van der Waals surface area contributed by atoms with Crippen LogP contribution in [-0.4, -0.2) is 54.2 Å². The van der Waals surface area contributed by atoms with Crippen molar-refractivity contribution in [2.45, 2.75) is 19.4 Å². The molecule has 1 amide bonds. The highest BCUT2D eigenvalue weighted by atomic mass is 16.5. The molecular formula is C16H20N4O3. The van der Waals surface area contributed by atoms with Gasteiger partial charge in [0.25, 0.3) is 5.91 Å². The number of carbonyl (C=O) groups is 1. The van der Waals surface area contributed by atoms with Gasteiger partial charge in [0.2, 0.25) is 0 Å².